The van der Waals surface area contributed by atoms with Gasteiger partial charge in [0.15, 0.2) is 5.58 Å². The molecule has 1 aromatic heterocycles. The molecule has 19 heavy (non-hydrogen) atoms. The summed E-state index contributed by atoms with van der Waals surface area (Å²) in [6.45, 7) is 5.59. The van der Waals surface area contributed by atoms with E-state index < -0.39 is 0 Å². The highest BCUT2D eigenvalue weighted by atomic mass is 16.4. The van der Waals surface area contributed by atoms with Crippen LogP contribution in [0.2, 0.25) is 0 Å². The van der Waals surface area contributed by atoms with E-state index in [4.69, 9.17) is 10.3 Å². The standard InChI is InChI=1S/C13H20N4O2/c1-13(2,7-15-8-16-14)9-4-5-11-10(6-9)17(3)12(18)19-11/h4-6,15-16H,7-8,14H2,1-3H3. The van der Waals surface area contributed by atoms with Crippen LogP contribution in [0.1, 0.15) is 19.4 Å². The average molecular weight is 264 g/mol. The second kappa shape index (κ2) is 5.16. The number of benzene rings is 1. The molecule has 0 saturated carbocycles. The third-order valence-corrected chi connectivity index (χ3v) is 3.37. The van der Waals surface area contributed by atoms with E-state index in [-0.39, 0.29) is 11.2 Å². The number of aromatic nitrogens is 1. The Morgan fingerprint density at radius 2 is 2.16 bits per heavy atom. The van der Waals surface area contributed by atoms with Gasteiger partial charge in [-0.25, -0.2) is 10.2 Å². The smallest absolute Gasteiger partial charge is 0.408 e. The van der Waals surface area contributed by atoms with E-state index in [9.17, 15) is 4.79 Å². The quantitative estimate of drug-likeness (QED) is 0.315. The lowest BCUT2D eigenvalue weighted by atomic mass is 9.84. The van der Waals surface area contributed by atoms with Crippen LogP contribution in [-0.4, -0.2) is 17.8 Å². The summed E-state index contributed by atoms with van der Waals surface area (Å²) >= 11 is 0. The Balaban J connectivity index is 2.34. The van der Waals surface area contributed by atoms with E-state index in [2.05, 4.69) is 24.6 Å². The molecule has 0 saturated heterocycles. The summed E-state index contributed by atoms with van der Waals surface area (Å²) in [6, 6.07) is 5.83. The Morgan fingerprint density at radius 3 is 2.84 bits per heavy atom. The van der Waals surface area contributed by atoms with Gasteiger partial charge in [-0.3, -0.25) is 10.4 Å². The van der Waals surface area contributed by atoms with Crippen molar-refractivity contribution < 1.29 is 4.42 Å². The number of nitrogens with two attached hydrogens (primary N) is 1. The van der Waals surface area contributed by atoms with E-state index in [0.29, 0.717) is 12.3 Å². The third kappa shape index (κ3) is 2.70. The van der Waals surface area contributed by atoms with Gasteiger partial charge in [-0.1, -0.05) is 19.9 Å². The molecule has 0 spiro atoms. The van der Waals surface area contributed by atoms with Crippen molar-refractivity contribution in [3.05, 3.63) is 34.3 Å². The molecule has 2 aromatic rings. The lowest BCUT2D eigenvalue weighted by molar-refractivity contribution is 0.455. The lowest BCUT2D eigenvalue weighted by Gasteiger charge is -2.25. The molecule has 0 unspecified atom stereocenters. The number of hydrogen-bond acceptors (Lipinski definition) is 5. The van der Waals surface area contributed by atoms with Gasteiger partial charge in [0.2, 0.25) is 0 Å². The summed E-state index contributed by atoms with van der Waals surface area (Å²) in [4.78, 5) is 11.5. The number of nitrogens with zero attached hydrogens (tertiary/aromatic N) is 1. The minimum absolute atomic E-state index is 0.0711. The maximum atomic E-state index is 11.5. The van der Waals surface area contributed by atoms with Crippen LogP contribution < -0.4 is 22.3 Å². The molecule has 104 valence electrons. The van der Waals surface area contributed by atoms with E-state index in [1.54, 1.807) is 7.05 Å². The molecular weight excluding hydrogens is 244 g/mol. The Hall–Kier alpha value is -1.63. The predicted octanol–water partition coefficient (Wildman–Crippen LogP) is 0.420. The van der Waals surface area contributed by atoms with Gasteiger partial charge in [0.05, 0.1) is 12.2 Å². The summed E-state index contributed by atoms with van der Waals surface area (Å²) in [7, 11) is 1.71. The molecule has 0 aliphatic carbocycles. The first-order valence-corrected chi connectivity index (χ1v) is 6.20. The zero-order valence-electron chi connectivity index (χ0n) is 11.5. The first-order valence-electron chi connectivity index (χ1n) is 6.20. The number of aryl methyl sites for hydroxylation is 1. The van der Waals surface area contributed by atoms with Crippen molar-refractivity contribution >= 4 is 11.1 Å². The minimum Gasteiger partial charge on any atom is -0.408 e. The van der Waals surface area contributed by atoms with Gasteiger partial charge < -0.3 is 9.73 Å². The predicted molar refractivity (Wildman–Crippen MR) is 74.7 cm³/mol. The molecule has 0 atom stereocenters. The minimum atomic E-state index is -0.338. The van der Waals surface area contributed by atoms with Crippen molar-refractivity contribution in [3.8, 4) is 0 Å². The zero-order chi connectivity index (χ0) is 14.0. The van der Waals surface area contributed by atoms with Gasteiger partial charge in [0, 0.05) is 19.0 Å². The molecule has 2 rings (SSSR count). The van der Waals surface area contributed by atoms with Gasteiger partial charge in [-0.2, -0.15) is 0 Å². The van der Waals surface area contributed by atoms with E-state index >= 15 is 0 Å². The van der Waals surface area contributed by atoms with Crippen LogP contribution in [0.5, 0.6) is 0 Å². The summed E-state index contributed by atoms with van der Waals surface area (Å²) in [6.07, 6.45) is 0. The van der Waals surface area contributed by atoms with Crippen LogP contribution in [0.3, 0.4) is 0 Å². The van der Waals surface area contributed by atoms with Crippen molar-refractivity contribution in [2.45, 2.75) is 19.3 Å². The summed E-state index contributed by atoms with van der Waals surface area (Å²) in [5.41, 5.74) is 5.06. The van der Waals surface area contributed by atoms with Crippen LogP contribution >= 0.6 is 0 Å². The Morgan fingerprint density at radius 1 is 1.42 bits per heavy atom. The number of hydrazine groups is 1. The number of hydrogen-bond donors (Lipinski definition) is 3. The van der Waals surface area contributed by atoms with Gasteiger partial charge in [-0.15, -0.1) is 0 Å². The van der Waals surface area contributed by atoms with Gasteiger partial charge in [0.25, 0.3) is 0 Å². The lowest BCUT2D eigenvalue weighted by Crippen LogP contribution is -2.40. The molecule has 0 bridgehead atoms. The van der Waals surface area contributed by atoms with E-state index in [1.165, 1.54) is 4.57 Å². The van der Waals surface area contributed by atoms with Gasteiger partial charge in [0.1, 0.15) is 0 Å². The molecule has 1 heterocycles. The Kier molecular flexibility index (Phi) is 3.75. The summed E-state index contributed by atoms with van der Waals surface area (Å²) in [5, 5.41) is 3.21. The fourth-order valence-electron chi connectivity index (χ4n) is 2.10. The second-order valence-corrected chi connectivity index (χ2v) is 5.30. The highest BCUT2D eigenvalue weighted by Gasteiger charge is 2.21. The highest BCUT2D eigenvalue weighted by Crippen LogP contribution is 2.25. The third-order valence-electron chi connectivity index (χ3n) is 3.37. The fraction of sp³-hybridized carbons (Fsp3) is 0.462. The first kappa shape index (κ1) is 13.8. The van der Waals surface area contributed by atoms with Crippen LogP contribution in [0.15, 0.2) is 27.4 Å². The van der Waals surface area contributed by atoms with Crippen LogP contribution in [-0.2, 0) is 12.5 Å². The molecule has 0 amide bonds. The first-order chi connectivity index (χ1) is 8.95. The maximum absolute atomic E-state index is 11.5. The topological polar surface area (TPSA) is 85.2 Å². The van der Waals surface area contributed by atoms with Crippen LogP contribution in [0.4, 0.5) is 0 Å². The highest BCUT2D eigenvalue weighted by molar-refractivity contribution is 5.74. The van der Waals surface area contributed by atoms with Crippen molar-refractivity contribution in [2.24, 2.45) is 12.9 Å². The maximum Gasteiger partial charge on any atom is 0.419 e. The molecule has 0 fully saturated rings. The molecular formula is C13H20N4O2. The molecule has 0 aliphatic rings. The van der Waals surface area contributed by atoms with Gasteiger partial charge >= 0.3 is 5.76 Å². The monoisotopic (exact) mass is 264 g/mol. The summed E-state index contributed by atoms with van der Waals surface area (Å²) < 4.78 is 6.65. The van der Waals surface area contributed by atoms with Crippen molar-refractivity contribution in [1.82, 2.24) is 15.3 Å². The number of oxazole rings is 1. The van der Waals surface area contributed by atoms with Gasteiger partial charge in [-0.05, 0) is 17.7 Å². The fourth-order valence-corrected chi connectivity index (χ4v) is 2.10. The second-order valence-electron chi connectivity index (χ2n) is 5.30. The largest absolute Gasteiger partial charge is 0.419 e. The summed E-state index contributed by atoms with van der Waals surface area (Å²) in [5.74, 6) is 4.89. The molecule has 0 radical (unpaired) electrons. The molecule has 6 heteroatoms. The average Bonchev–Trinajstić information content (AvgIpc) is 2.65. The van der Waals surface area contributed by atoms with E-state index in [1.807, 2.05) is 18.2 Å². The van der Waals surface area contributed by atoms with E-state index in [0.717, 1.165) is 17.6 Å². The van der Waals surface area contributed by atoms with Crippen molar-refractivity contribution in [2.75, 3.05) is 13.2 Å². The van der Waals surface area contributed by atoms with Crippen LogP contribution in [0, 0.1) is 0 Å². The Bertz CT molecular complexity index is 627. The van der Waals surface area contributed by atoms with Crippen molar-refractivity contribution in [1.29, 1.82) is 0 Å². The number of rotatable bonds is 5. The number of fused-ring (bicyclic) bond motifs is 1. The SMILES string of the molecule is Cn1c(=O)oc2ccc(C(C)(C)CNCNN)cc21. The van der Waals surface area contributed by atoms with Crippen molar-refractivity contribution in [3.63, 3.8) is 0 Å². The Labute approximate surface area is 111 Å². The molecule has 6 nitrogen and oxygen atoms in total. The molecule has 4 N–H and O–H groups in total. The molecule has 0 aliphatic heterocycles. The number of nitrogens with one attached hydrogen (secondary N) is 2. The molecule has 1 aromatic carbocycles. The normalized spacial score (nSPS) is 12.2. The zero-order valence-corrected chi connectivity index (χ0v) is 11.5. The van der Waals surface area contributed by atoms with Crippen LogP contribution in [0.25, 0.3) is 11.1 Å².